The van der Waals surface area contributed by atoms with Gasteiger partial charge < -0.3 is 15.5 Å². The topological polar surface area (TPSA) is 130 Å². The number of carbonyl (C=O) groups is 1. The number of carbonyl (C=O) groups excluding carboxylic acids is 1. The molecule has 0 saturated carbocycles. The van der Waals surface area contributed by atoms with Crippen molar-refractivity contribution in [3.8, 4) is 17.5 Å². The Morgan fingerprint density at radius 2 is 1.87 bits per heavy atom. The summed E-state index contributed by atoms with van der Waals surface area (Å²) in [5.41, 5.74) is 9.32. The Morgan fingerprint density at radius 3 is 2.64 bits per heavy atom. The first-order valence-electron chi connectivity index (χ1n) is 12.1. The van der Waals surface area contributed by atoms with Gasteiger partial charge in [-0.3, -0.25) is 23.2 Å². The standard InChI is InChI=1S/C28H23N9O2/c1-18(33-27(38)23-25(29)31-17-36-13-11-30-26(23)36)22-16-35-12-10-20(9-8-19-14-32-34(2)15-19)24(35)28(39)37(22)21-6-4-3-5-7-21/h3-7,10-18H,29H2,1-2H3,(H,33,38). The quantitative estimate of drug-likeness (QED) is 0.345. The molecule has 0 aliphatic rings. The highest BCUT2D eigenvalue weighted by Crippen LogP contribution is 2.21. The van der Waals surface area contributed by atoms with E-state index in [2.05, 4.69) is 32.2 Å². The van der Waals surface area contributed by atoms with Gasteiger partial charge in [0, 0.05) is 43.7 Å². The van der Waals surface area contributed by atoms with E-state index in [9.17, 15) is 9.59 Å². The van der Waals surface area contributed by atoms with Crippen molar-refractivity contribution in [2.75, 3.05) is 5.73 Å². The first-order chi connectivity index (χ1) is 18.9. The summed E-state index contributed by atoms with van der Waals surface area (Å²) >= 11 is 0. The number of rotatable bonds is 4. The molecule has 0 radical (unpaired) electrons. The molecule has 1 unspecified atom stereocenters. The summed E-state index contributed by atoms with van der Waals surface area (Å²) in [6.07, 6.45) is 11.8. The van der Waals surface area contributed by atoms with Gasteiger partial charge in [0.2, 0.25) is 0 Å². The fourth-order valence-corrected chi connectivity index (χ4v) is 4.54. The minimum absolute atomic E-state index is 0.0662. The maximum atomic E-state index is 14.0. The molecule has 0 fully saturated rings. The minimum Gasteiger partial charge on any atom is -0.383 e. The third-order valence-corrected chi connectivity index (χ3v) is 6.40. The molecule has 5 aromatic heterocycles. The van der Waals surface area contributed by atoms with Crippen molar-refractivity contribution in [1.82, 2.24) is 38.4 Å². The number of aryl methyl sites for hydroxylation is 1. The number of anilines is 1. The normalized spacial score (nSPS) is 11.8. The number of para-hydroxylation sites is 1. The molecule has 1 atom stereocenters. The number of hydrogen-bond donors (Lipinski definition) is 2. The first-order valence-corrected chi connectivity index (χ1v) is 12.1. The molecular weight excluding hydrogens is 494 g/mol. The van der Waals surface area contributed by atoms with Crippen LogP contribution in [0.2, 0.25) is 0 Å². The molecule has 1 amide bonds. The Hall–Kier alpha value is -5.63. The lowest BCUT2D eigenvalue weighted by Crippen LogP contribution is -2.33. The second-order valence-corrected chi connectivity index (χ2v) is 9.03. The zero-order valence-corrected chi connectivity index (χ0v) is 21.1. The molecule has 5 heterocycles. The van der Waals surface area contributed by atoms with Crippen molar-refractivity contribution in [3.63, 3.8) is 0 Å². The summed E-state index contributed by atoms with van der Waals surface area (Å²) in [5.74, 6) is 5.79. The first kappa shape index (κ1) is 23.7. The largest absolute Gasteiger partial charge is 0.383 e. The van der Waals surface area contributed by atoms with Gasteiger partial charge >= 0.3 is 0 Å². The van der Waals surface area contributed by atoms with Crippen LogP contribution in [-0.4, -0.2) is 39.0 Å². The number of amides is 1. The average Bonchev–Trinajstić information content (AvgIpc) is 3.67. The average molecular weight is 518 g/mol. The van der Waals surface area contributed by atoms with E-state index in [-0.39, 0.29) is 16.9 Å². The van der Waals surface area contributed by atoms with Crippen molar-refractivity contribution in [1.29, 1.82) is 0 Å². The molecule has 1 aromatic carbocycles. The smallest absolute Gasteiger partial charge is 0.280 e. The van der Waals surface area contributed by atoms with E-state index in [0.717, 1.165) is 5.56 Å². The Morgan fingerprint density at radius 1 is 1.05 bits per heavy atom. The van der Waals surface area contributed by atoms with Crippen LogP contribution in [0.4, 0.5) is 5.82 Å². The number of nitrogen functional groups attached to an aromatic ring is 1. The van der Waals surface area contributed by atoms with E-state index in [1.165, 1.54) is 6.33 Å². The number of aromatic nitrogens is 7. The fraction of sp³-hybridized carbons (Fsp3) is 0.107. The highest BCUT2D eigenvalue weighted by Gasteiger charge is 2.23. The Bertz CT molecular complexity index is 1980. The monoisotopic (exact) mass is 517 g/mol. The summed E-state index contributed by atoms with van der Waals surface area (Å²) in [5, 5.41) is 7.11. The number of benzene rings is 1. The summed E-state index contributed by atoms with van der Waals surface area (Å²) in [4.78, 5) is 35.7. The van der Waals surface area contributed by atoms with Crippen LogP contribution in [0.25, 0.3) is 16.9 Å². The highest BCUT2D eigenvalue weighted by molar-refractivity contribution is 6.04. The van der Waals surface area contributed by atoms with E-state index in [1.54, 1.807) is 55.8 Å². The zero-order valence-electron chi connectivity index (χ0n) is 21.1. The van der Waals surface area contributed by atoms with Gasteiger partial charge in [0.05, 0.1) is 29.1 Å². The summed E-state index contributed by atoms with van der Waals surface area (Å²) < 4.78 is 6.62. The van der Waals surface area contributed by atoms with Crippen LogP contribution < -0.4 is 16.6 Å². The molecule has 0 saturated heterocycles. The van der Waals surface area contributed by atoms with Crippen LogP contribution in [0.5, 0.6) is 0 Å². The maximum absolute atomic E-state index is 14.0. The summed E-state index contributed by atoms with van der Waals surface area (Å²) in [6, 6.07) is 10.5. The van der Waals surface area contributed by atoms with Gasteiger partial charge in [-0.1, -0.05) is 30.0 Å². The van der Waals surface area contributed by atoms with Crippen molar-refractivity contribution in [2.45, 2.75) is 13.0 Å². The van der Waals surface area contributed by atoms with Gasteiger partial charge in [-0.2, -0.15) is 5.10 Å². The van der Waals surface area contributed by atoms with Crippen LogP contribution in [0.3, 0.4) is 0 Å². The molecule has 3 N–H and O–H groups in total. The zero-order chi connectivity index (χ0) is 27.1. The molecule has 39 heavy (non-hydrogen) atoms. The molecule has 0 aliphatic carbocycles. The van der Waals surface area contributed by atoms with Crippen LogP contribution >= 0.6 is 0 Å². The van der Waals surface area contributed by atoms with E-state index in [0.29, 0.717) is 28.1 Å². The number of nitrogens with zero attached hydrogens (tertiary/aromatic N) is 7. The number of hydrogen-bond acceptors (Lipinski definition) is 6. The number of imidazole rings is 1. The molecule has 0 aliphatic heterocycles. The van der Waals surface area contributed by atoms with Crippen LogP contribution in [0.1, 0.15) is 40.1 Å². The number of nitrogens with one attached hydrogen (secondary N) is 1. The second kappa shape index (κ2) is 9.35. The van der Waals surface area contributed by atoms with Gasteiger partial charge in [-0.25, -0.2) is 9.97 Å². The summed E-state index contributed by atoms with van der Waals surface area (Å²) in [7, 11) is 1.82. The molecular formula is C28H23N9O2. The molecule has 0 bridgehead atoms. The summed E-state index contributed by atoms with van der Waals surface area (Å²) in [6.45, 7) is 1.81. The second-order valence-electron chi connectivity index (χ2n) is 9.03. The molecule has 192 valence electrons. The number of fused-ring (bicyclic) bond motifs is 2. The Labute approximate surface area is 222 Å². The van der Waals surface area contributed by atoms with E-state index >= 15 is 0 Å². The van der Waals surface area contributed by atoms with Crippen molar-refractivity contribution >= 4 is 22.9 Å². The van der Waals surface area contributed by atoms with Crippen LogP contribution in [-0.2, 0) is 7.05 Å². The Kier molecular flexibility index (Phi) is 5.69. The third kappa shape index (κ3) is 4.19. The SMILES string of the molecule is CC(NC(=O)c1c(N)ncn2ccnc12)c1cn2ccc(C#Cc3cnn(C)c3)c2c(=O)n1-c1ccccc1. The van der Waals surface area contributed by atoms with Crippen LogP contribution in [0.15, 0.2) is 84.7 Å². The van der Waals surface area contributed by atoms with Crippen molar-refractivity contribution < 1.29 is 4.79 Å². The van der Waals surface area contributed by atoms with Gasteiger partial charge in [0.15, 0.2) is 5.65 Å². The minimum atomic E-state index is -0.586. The molecule has 11 nitrogen and oxygen atoms in total. The van der Waals surface area contributed by atoms with Gasteiger partial charge in [-0.15, -0.1) is 0 Å². The van der Waals surface area contributed by atoms with E-state index in [4.69, 9.17) is 5.73 Å². The lowest BCUT2D eigenvalue weighted by Gasteiger charge is -2.21. The highest BCUT2D eigenvalue weighted by atomic mass is 16.2. The number of nitrogens with two attached hydrogens (primary N) is 1. The molecule has 0 spiro atoms. The van der Waals surface area contributed by atoms with E-state index < -0.39 is 11.9 Å². The van der Waals surface area contributed by atoms with Crippen LogP contribution in [0, 0.1) is 11.8 Å². The predicted octanol–water partition coefficient (Wildman–Crippen LogP) is 2.34. The molecule has 11 heteroatoms. The van der Waals surface area contributed by atoms with E-state index in [1.807, 2.05) is 49.8 Å². The Balaban J connectivity index is 1.46. The molecule has 6 aromatic rings. The van der Waals surface area contributed by atoms with Crippen molar-refractivity contribution in [2.24, 2.45) is 7.05 Å². The lowest BCUT2D eigenvalue weighted by molar-refractivity contribution is 0.0940. The lowest BCUT2D eigenvalue weighted by atomic mass is 10.1. The molecule has 6 rings (SSSR count). The van der Waals surface area contributed by atoms with Gasteiger partial charge in [0.1, 0.15) is 23.2 Å². The van der Waals surface area contributed by atoms with Gasteiger partial charge in [-0.05, 0) is 25.1 Å². The third-order valence-electron chi connectivity index (χ3n) is 6.40. The predicted molar refractivity (Wildman–Crippen MR) is 145 cm³/mol. The van der Waals surface area contributed by atoms with Crippen molar-refractivity contribution in [3.05, 3.63) is 113 Å². The maximum Gasteiger partial charge on any atom is 0.280 e. The van der Waals surface area contributed by atoms with Gasteiger partial charge in [0.25, 0.3) is 11.5 Å². The fourth-order valence-electron chi connectivity index (χ4n) is 4.54.